The first kappa shape index (κ1) is 26.8. The first-order valence-electron chi connectivity index (χ1n) is 13.0. The van der Waals surface area contributed by atoms with Gasteiger partial charge in [0.2, 0.25) is 0 Å². The summed E-state index contributed by atoms with van der Waals surface area (Å²) in [7, 11) is 0. The van der Waals surface area contributed by atoms with Crippen molar-refractivity contribution >= 4 is 22.6 Å². The number of ether oxygens (including phenoxy) is 2. The van der Waals surface area contributed by atoms with E-state index in [0.717, 1.165) is 51.3 Å². The summed E-state index contributed by atoms with van der Waals surface area (Å²) in [6.45, 7) is 9.07. The normalized spacial score (nSPS) is 12.5. The smallest absolute Gasteiger partial charge is 0.135 e. The van der Waals surface area contributed by atoms with Crippen LogP contribution in [0.2, 0.25) is 0 Å². The molecule has 1 heterocycles. The van der Waals surface area contributed by atoms with E-state index in [1.54, 1.807) is 0 Å². The molecule has 0 spiro atoms. The van der Waals surface area contributed by atoms with Crippen LogP contribution in [0, 0.1) is 0 Å². The predicted molar refractivity (Wildman–Crippen MR) is 155 cm³/mol. The van der Waals surface area contributed by atoms with Crippen molar-refractivity contribution in [1.29, 1.82) is 0 Å². The number of benzene rings is 3. The van der Waals surface area contributed by atoms with E-state index in [4.69, 9.17) is 25.4 Å². The van der Waals surface area contributed by atoms with Gasteiger partial charge in [0.25, 0.3) is 0 Å². The predicted octanol–water partition coefficient (Wildman–Crippen LogP) is 6.18. The van der Waals surface area contributed by atoms with Gasteiger partial charge >= 0.3 is 0 Å². The number of rotatable bonds is 11. The summed E-state index contributed by atoms with van der Waals surface area (Å²) < 4.78 is 17.9. The van der Waals surface area contributed by atoms with Gasteiger partial charge in [-0.05, 0) is 76.2 Å². The van der Waals surface area contributed by atoms with Gasteiger partial charge in [0.05, 0.1) is 13.2 Å². The van der Waals surface area contributed by atoms with Crippen molar-refractivity contribution < 1.29 is 13.9 Å². The molecule has 198 valence electrons. The average molecular weight is 513 g/mol. The van der Waals surface area contributed by atoms with Crippen molar-refractivity contribution in [3.8, 4) is 22.8 Å². The molecule has 0 saturated heterocycles. The number of furan rings is 1. The third-order valence-electron chi connectivity index (χ3n) is 5.71. The van der Waals surface area contributed by atoms with Crippen molar-refractivity contribution in [3.05, 3.63) is 83.9 Å². The first-order chi connectivity index (χ1) is 18.3. The molecule has 0 aliphatic rings. The number of nitrogens with zero attached hydrogens (tertiary/aromatic N) is 2. The highest BCUT2D eigenvalue weighted by molar-refractivity contribution is 6.00. The second-order valence-corrected chi connectivity index (χ2v) is 9.68. The molecular weight excluding hydrogens is 476 g/mol. The Bertz CT molecular complexity index is 1420. The van der Waals surface area contributed by atoms with Crippen molar-refractivity contribution in [2.75, 3.05) is 13.2 Å². The van der Waals surface area contributed by atoms with Crippen LogP contribution in [0.4, 0.5) is 0 Å². The topological polar surface area (TPSA) is 108 Å². The zero-order chi connectivity index (χ0) is 27.1. The number of aliphatic imine (C=N–C) groups is 2. The quantitative estimate of drug-likeness (QED) is 0.142. The second-order valence-electron chi connectivity index (χ2n) is 9.68. The van der Waals surface area contributed by atoms with E-state index in [1.165, 1.54) is 0 Å². The fourth-order valence-corrected chi connectivity index (χ4v) is 3.94. The zero-order valence-corrected chi connectivity index (χ0v) is 22.5. The van der Waals surface area contributed by atoms with Gasteiger partial charge in [0.15, 0.2) is 0 Å². The molecular formula is C31H36N4O3. The highest BCUT2D eigenvalue weighted by atomic mass is 16.5. The van der Waals surface area contributed by atoms with Crippen LogP contribution in [0.1, 0.15) is 45.2 Å². The van der Waals surface area contributed by atoms with Gasteiger partial charge in [-0.1, -0.05) is 24.3 Å². The molecule has 1 aromatic heterocycles. The van der Waals surface area contributed by atoms with E-state index in [0.29, 0.717) is 24.9 Å². The fraction of sp³-hybridized carbons (Fsp3) is 0.290. The van der Waals surface area contributed by atoms with E-state index in [9.17, 15) is 0 Å². The molecule has 0 bridgehead atoms. The van der Waals surface area contributed by atoms with Crippen LogP contribution in [-0.4, -0.2) is 37.0 Å². The average Bonchev–Trinajstić information content (AvgIpc) is 3.32. The molecule has 4 aromatic rings. The molecule has 0 aliphatic heterocycles. The summed E-state index contributed by atoms with van der Waals surface area (Å²) >= 11 is 0. The van der Waals surface area contributed by atoms with Gasteiger partial charge in [0, 0.05) is 40.6 Å². The van der Waals surface area contributed by atoms with E-state index in [-0.39, 0.29) is 12.1 Å². The minimum atomic E-state index is 0.137. The minimum absolute atomic E-state index is 0.137. The molecule has 7 nitrogen and oxygen atoms in total. The number of hydrogen-bond donors (Lipinski definition) is 2. The van der Waals surface area contributed by atoms with Crippen molar-refractivity contribution in [2.45, 2.75) is 46.2 Å². The SMILES string of the molecule is CC(C)N=C(N)c1cccc(OCCCOc2ccc(-c3cc4ccc(C(N)=NC(C)C)cc4o3)cc2)c1. The van der Waals surface area contributed by atoms with Crippen LogP contribution in [-0.2, 0) is 0 Å². The van der Waals surface area contributed by atoms with Gasteiger partial charge in [-0.3, -0.25) is 9.98 Å². The molecule has 0 fully saturated rings. The molecule has 0 saturated carbocycles. The molecule has 4 rings (SSSR count). The Hall–Kier alpha value is -4.26. The van der Waals surface area contributed by atoms with E-state index < -0.39 is 0 Å². The Kier molecular flexibility index (Phi) is 8.69. The minimum Gasteiger partial charge on any atom is -0.493 e. The molecule has 0 amide bonds. The standard InChI is InChI=1S/C31H36N4O3/c1-20(2)34-30(32)24-7-5-8-27(17-24)37-16-6-15-36-26-13-11-22(12-14-26)28-18-23-9-10-25(19-29(23)38-28)31(33)35-21(3)4/h5,7-14,17-21H,6,15-16H2,1-4H3,(H2,32,34)(H2,33,35). The third kappa shape index (κ3) is 7.16. The molecule has 7 heteroatoms. The monoisotopic (exact) mass is 512 g/mol. The molecule has 3 aromatic carbocycles. The van der Waals surface area contributed by atoms with Gasteiger partial charge < -0.3 is 25.4 Å². The molecule has 0 unspecified atom stereocenters. The van der Waals surface area contributed by atoms with Gasteiger partial charge in [-0.25, -0.2) is 0 Å². The highest BCUT2D eigenvalue weighted by Crippen LogP contribution is 2.29. The number of hydrogen-bond acceptors (Lipinski definition) is 5. The van der Waals surface area contributed by atoms with Crippen LogP contribution in [0.3, 0.4) is 0 Å². The van der Waals surface area contributed by atoms with E-state index in [2.05, 4.69) is 9.98 Å². The maximum atomic E-state index is 6.12. The number of nitrogens with two attached hydrogens (primary N) is 2. The van der Waals surface area contributed by atoms with E-state index >= 15 is 0 Å². The maximum absolute atomic E-state index is 6.12. The summed E-state index contributed by atoms with van der Waals surface area (Å²) in [6.07, 6.45) is 0.747. The Morgan fingerprint density at radius 3 is 2.03 bits per heavy atom. The second kappa shape index (κ2) is 12.3. The van der Waals surface area contributed by atoms with Gasteiger partial charge in [0.1, 0.15) is 34.5 Å². The maximum Gasteiger partial charge on any atom is 0.135 e. The van der Waals surface area contributed by atoms with Gasteiger partial charge in [-0.15, -0.1) is 0 Å². The largest absolute Gasteiger partial charge is 0.493 e. The Balaban J connectivity index is 1.29. The van der Waals surface area contributed by atoms with Crippen LogP contribution in [0.15, 0.2) is 87.2 Å². The van der Waals surface area contributed by atoms with Crippen LogP contribution in [0.25, 0.3) is 22.3 Å². The molecule has 0 radical (unpaired) electrons. The van der Waals surface area contributed by atoms with Crippen molar-refractivity contribution in [2.24, 2.45) is 21.5 Å². The van der Waals surface area contributed by atoms with Crippen molar-refractivity contribution in [3.63, 3.8) is 0 Å². The number of amidine groups is 2. The summed E-state index contributed by atoms with van der Waals surface area (Å²) in [5, 5.41) is 1.02. The molecule has 0 aliphatic carbocycles. The molecule has 38 heavy (non-hydrogen) atoms. The first-order valence-corrected chi connectivity index (χ1v) is 13.0. The third-order valence-corrected chi connectivity index (χ3v) is 5.71. The lowest BCUT2D eigenvalue weighted by Crippen LogP contribution is -2.15. The van der Waals surface area contributed by atoms with Crippen LogP contribution in [0.5, 0.6) is 11.5 Å². The van der Waals surface area contributed by atoms with Gasteiger partial charge in [-0.2, -0.15) is 0 Å². The Morgan fingerprint density at radius 1 is 0.737 bits per heavy atom. The summed E-state index contributed by atoms with van der Waals surface area (Å²) in [6, 6.07) is 23.8. The highest BCUT2D eigenvalue weighted by Gasteiger charge is 2.09. The summed E-state index contributed by atoms with van der Waals surface area (Å²) in [4.78, 5) is 8.81. The zero-order valence-electron chi connectivity index (χ0n) is 22.5. The van der Waals surface area contributed by atoms with Crippen LogP contribution < -0.4 is 20.9 Å². The number of fused-ring (bicyclic) bond motifs is 1. The summed E-state index contributed by atoms with van der Waals surface area (Å²) in [5.41, 5.74) is 15.7. The van der Waals surface area contributed by atoms with Crippen molar-refractivity contribution in [1.82, 2.24) is 0 Å². The van der Waals surface area contributed by atoms with Crippen LogP contribution >= 0.6 is 0 Å². The molecule has 4 N–H and O–H groups in total. The lowest BCUT2D eigenvalue weighted by Gasteiger charge is -2.10. The van der Waals surface area contributed by atoms with E-state index in [1.807, 2.05) is 100 Å². The molecule has 0 atom stereocenters. The Morgan fingerprint density at radius 2 is 1.37 bits per heavy atom. The fourth-order valence-electron chi connectivity index (χ4n) is 3.94. The summed E-state index contributed by atoms with van der Waals surface area (Å²) in [5.74, 6) is 3.38. The lowest BCUT2D eigenvalue weighted by molar-refractivity contribution is 0.247. The Labute approximate surface area is 224 Å². The lowest BCUT2D eigenvalue weighted by atomic mass is 10.1.